The van der Waals surface area contributed by atoms with E-state index < -0.39 is 0 Å². The lowest BCUT2D eigenvalue weighted by molar-refractivity contribution is 0.122. The molecule has 0 spiro atoms. The number of hydrogen-bond donors (Lipinski definition) is 2. The molecule has 1 unspecified atom stereocenters. The summed E-state index contributed by atoms with van der Waals surface area (Å²) >= 11 is 0. The molecule has 0 radical (unpaired) electrons. The number of hydrogen-bond acceptors (Lipinski definition) is 3. The van der Waals surface area contributed by atoms with E-state index >= 15 is 0 Å². The van der Waals surface area contributed by atoms with E-state index in [9.17, 15) is 0 Å². The number of unbranched alkanes of at least 4 members (excludes halogenated alkanes) is 3. The van der Waals surface area contributed by atoms with Gasteiger partial charge in [-0.1, -0.05) is 26.2 Å². The van der Waals surface area contributed by atoms with Crippen molar-refractivity contribution in [1.29, 1.82) is 0 Å². The smallest absolute Gasteiger partial charge is 0.191 e. The second kappa shape index (κ2) is 11.7. The Labute approximate surface area is 137 Å². The molecule has 0 aromatic heterocycles. The Kier molecular flexibility index (Phi) is 10.2. The van der Waals surface area contributed by atoms with Crippen LogP contribution in [0.4, 0.5) is 0 Å². The van der Waals surface area contributed by atoms with Gasteiger partial charge in [0.15, 0.2) is 5.96 Å². The summed E-state index contributed by atoms with van der Waals surface area (Å²) in [7, 11) is 2.20. The number of likely N-dealkylation sites (N-methyl/N-ethyl adjacent to an activating group) is 1. The van der Waals surface area contributed by atoms with Gasteiger partial charge in [-0.05, 0) is 27.3 Å². The molecule has 2 N–H and O–H groups in total. The van der Waals surface area contributed by atoms with Crippen molar-refractivity contribution in [2.45, 2.75) is 52.5 Å². The first kappa shape index (κ1) is 19.2. The zero-order chi connectivity index (χ0) is 16.2. The average molecular weight is 312 g/mol. The van der Waals surface area contributed by atoms with Crippen LogP contribution in [0.3, 0.4) is 0 Å². The molecular formula is C17H37N5. The van der Waals surface area contributed by atoms with Crippen LogP contribution in [0.15, 0.2) is 4.99 Å². The highest BCUT2D eigenvalue weighted by Gasteiger charge is 2.18. The van der Waals surface area contributed by atoms with E-state index in [1.165, 1.54) is 38.8 Å². The molecule has 0 aromatic rings. The number of piperazine rings is 1. The van der Waals surface area contributed by atoms with E-state index in [2.05, 4.69) is 48.3 Å². The lowest BCUT2D eigenvalue weighted by Gasteiger charge is -2.35. The number of aliphatic imine (C=N–C) groups is 1. The monoisotopic (exact) mass is 311 g/mol. The number of nitrogens with zero attached hydrogens (tertiary/aromatic N) is 3. The van der Waals surface area contributed by atoms with Crippen LogP contribution in [-0.4, -0.2) is 74.7 Å². The van der Waals surface area contributed by atoms with E-state index in [1.54, 1.807) is 0 Å². The van der Waals surface area contributed by atoms with Gasteiger partial charge in [0.1, 0.15) is 0 Å². The molecule has 0 aromatic carbocycles. The van der Waals surface area contributed by atoms with Crippen LogP contribution in [0, 0.1) is 0 Å². The lowest BCUT2D eigenvalue weighted by Crippen LogP contribution is -2.49. The van der Waals surface area contributed by atoms with Gasteiger partial charge in [0.25, 0.3) is 0 Å². The molecule has 130 valence electrons. The highest BCUT2D eigenvalue weighted by atomic mass is 15.3. The van der Waals surface area contributed by atoms with Crippen LogP contribution in [0.5, 0.6) is 0 Å². The molecule has 0 bridgehead atoms. The molecule has 1 fully saturated rings. The van der Waals surface area contributed by atoms with E-state index in [0.717, 1.165) is 38.7 Å². The Balaban J connectivity index is 2.30. The molecular weight excluding hydrogens is 274 g/mol. The molecule has 1 atom stereocenters. The normalized spacial score (nSPS) is 19.2. The molecule has 0 aliphatic carbocycles. The summed E-state index contributed by atoms with van der Waals surface area (Å²) in [6, 6.07) is 0.518. The first-order chi connectivity index (χ1) is 10.7. The molecule has 1 saturated heterocycles. The van der Waals surface area contributed by atoms with Crippen molar-refractivity contribution >= 4 is 5.96 Å². The first-order valence-electron chi connectivity index (χ1n) is 9.12. The molecule has 22 heavy (non-hydrogen) atoms. The second-order valence-corrected chi connectivity index (χ2v) is 6.40. The number of guanidine groups is 1. The third kappa shape index (κ3) is 7.99. The third-order valence-electron chi connectivity index (χ3n) is 4.34. The van der Waals surface area contributed by atoms with Crippen molar-refractivity contribution in [1.82, 2.24) is 20.4 Å². The first-order valence-corrected chi connectivity index (χ1v) is 9.12. The molecule has 1 rings (SSSR count). The zero-order valence-electron chi connectivity index (χ0n) is 15.2. The summed E-state index contributed by atoms with van der Waals surface area (Å²) < 4.78 is 0. The van der Waals surface area contributed by atoms with Crippen LogP contribution in [0.1, 0.15) is 46.5 Å². The van der Waals surface area contributed by atoms with E-state index in [1.807, 2.05) is 0 Å². The Hall–Kier alpha value is -0.810. The summed E-state index contributed by atoms with van der Waals surface area (Å²) in [5, 5.41) is 6.81. The standard InChI is InChI=1S/C17H37N5/c1-5-7-8-9-10-19-17(18-6-2)20-15-16(3)22-13-11-21(4)12-14-22/h16H,5-15H2,1-4H3,(H2,18,19,20). The second-order valence-electron chi connectivity index (χ2n) is 6.40. The minimum absolute atomic E-state index is 0.518. The summed E-state index contributed by atoms with van der Waals surface area (Å²) in [6.07, 6.45) is 5.15. The Morgan fingerprint density at radius 2 is 1.77 bits per heavy atom. The van der Waals surface area contributed by atoms with Crippen molar-refractivity contribution in [2.75, 3.05) is 52.9 Å². The Morgan fingerprint density at radius 1 is 1.05 bits per heavy atom. The SMILES string of the molecule is CCCCCCNC(=NCC(C)N1CCN(C)CC1)NCC. The van der Waals surface area contributed by atoms with Crippen LogP contribution < -0.4 is 10.6 Å². The van der Waals surface area contributed by atoms with Gasteiger partial charge in [0, 0.05) is 45.3 Å². The largest absolute Gasteiger partial charge is 0.357 e. The minimum atomic E-state index is 0.518. The fourth-order valence-corrected chi connectivity index (χ4v) is 2.70. The number of nitrogens with one attached hydrogen (secondary N) is 2. The van der Waals surface area contributed by atoms with Crippen molar-refractivity contribution in [3.8, 4) is 0 Å². The number of rotatable bonds is 9. The van der Waals surface area contributed by atoms with Crippen LogP contribution in [0.25, 0.3) is 0 Å². The fraction of sp³-hybridized carbons (Fsp3) is 0.941. The summed E-state index contributed by atoms with van der Waals surface area (Å²) in [6.45, 7) is 14.1. The van der Waals surface area contributed by atoms with Gasteiger partial charge in [-0.2, -0.15) is 0 Å². The average Bonchev–Trinajstić information content (AvgIpc) is 2.52. The molecule has 1 aliphatic rings. The van der Waals surface area contributed by atoms with Crippen molar-refractivity contribution in [3.63, 3.8) is 0 Å². The van der Waals surface area contributed by atoms with Gasteiger partial charge in [0.2, 0.25) is 0 Å². The third-order valence-corrected chi connectivity index (χ3v) is 4.34. The van der Waals surface area contributed by atoms with Gasteiger partial charge in [-0.15, -0.1) is 0 Å². The molecule has 5 heteroatoms. The maximum Gasteiger partial charge on any atom is 0.191 e. The highest BCUT2D eigenvalue weighted by Crippen LogP contribution is 2.05. The van der Waals surface area contributed by atoms with Gasteiger partial charge in [0.05, 0.1) is 6.54 Å². The van der Waals surface area contributed by atoms with Crippen molar-refractivity contribution in [2.24, 2.45) is 4.99 Å². The quantitative estimate of drug-likeness (QED) is 0.387. The molecule has 0 saturated carbocycles. The summed E-state index contributed by atoms with van der Waals surface area (Å²) in [5.74, 6) is 0.972. The maximum atomic E-state index is 4.76. The fourth-order valence-electron chi connectivity index (χ4n) is 2.70. The Morgan fingerprint density at radius 3 is 2.41 bits per heavy atom. The predicted octanol–water partition coefficient (Wildman–Crippen LogP) is 1.76. The molecule has 1 heterocycles. The van der Waals surface area contributed by atoms with E-state index in [4.69, 9.17) is 4.99 Å². The van der Waals surface area contributed by atoms with Crippen LogP contribution in [0.2, 0.25) is 0 Å². The van der Waals surface area contributed by atoms with Gasteiger partial charge in [-0.3, -0.25) is 9.89 Å². The molecule has 0 amide bonds. The molecule has 5 nitrogen and oxygen atoms in total. The predicted molar refractivity (Wildman–Crippen MR) is 96.7 cm³/mol. The van der Waals surface area contributed by atoms with E-state index in [-0.39, 0.29) is 0 Å². The Bertz CT molecular complexity index is 297. The van der Waals surface area contributed by atoms with Crippen molar-refractivity contribution < 1.29 is 0 Å². The zero-order valence-corrected chi connectivity index (χ0v) is 15.2. The van der Waals surface area contributed by atoms with Crippen LogP contribution >= 0.6 is 0 Å². The lowest BCUT2D eigenvalue weighted by atomic mass is 10.2. The maximum absolute atomic E-state index is 4.76. The topological polar surface area (TPSA) is 42.9 Å². The van der Waals surface area contributed by atoms with Gasteiger partial charge >= 0.3 is 0 Å². The van der Waals surface area contributed by atoms with Crippen molar-refractivity contribution in [3.05, 3.63) is 0 Å². The van der Waals surface area contributed by atoms with Gasteiger partial charge in [-0.25, -0.2) is 0 Å². The summed E-state index contributed by atoms with van der Waals surface area (Å²) in [4.78, 5) is 9.71. The molecule has 1 aliphatic heterocycles. The van der Waals surface area contributed by atoms with Crippen LogP contribution in [-0.2, 0) is 0 Å². The van der Waals surface area contributed by atoms with E-state index in [0.29, 0.717) is 6.04 Å². The minimum Gasteiger partial charge on any atom is -0.357 e. The highest BCUT2D eigenvalue weighted by molar-refractivity contribution is 5.79. The van der Waals surface area contributed by atoms with Gasteiger partial charge < -0.3 is 15.5 Å². The summed E-state index contributed by atoms with van der Waals surface area (Å²) in [5.41, 5.74) is 0.